The van der Waals surface area contributed by atoms with Crippen LogP contribution in [-0.2, 0) is 16.8 Å². The standard InChI is InChI=1S/C22H19Cl3F4N2O2/c23-15-7-13(8-16(24)18(15)25)21(22(27,28)29)5-6-31(20(21)33)14-4-3-12(17(26)9-14)10-30-19(32)11-1-2-11/h3-4,7-9,11,20,33H,1-2,5-6,10H2,(H,30,32)/t20-,21+/m0/s1. The lowest BCUT2D eigenvalue weighted by molar-refractivity contribution is -0.210. The number of benzene rings is 2. The summed E-state index contributed by atoms with van der Waals surface area (Å²) < 4.78 is 57.8. The van der Waals surface area contributed by atoms with E-state index in [1.54, 1.807) is 0 Å². The molecule has 2 aromatic carbocycles. The van der Waals surface area contributed by atoms with Gasteiger partial charge in [0.2, 0.25) is 5.91 Å². The van der Waals surface area contributed by atoms with E-state index in [-0.39, 0.29) is 56.8 Å². The van der Waals surface area contributed by atoms with E-state index in [1.165, 1.54) is 12.1 Å². The number of nitrogens with zero attached hydrogens (tertiary/aromatic N) is 1. The molecule has 1 heterocycles. The van der Waals surface area contributed by atoms with Crippen molar-refractivity contribution in [2.75, 3.05) is 11.4 Å². The quantitative estimate of drug-likeness (QED) is 0.381. The maximum atomic E-state index is 14.7. The van der Waals surface area contributed by atoms with Gasteiger partial charge in [0.1, 0.15) is 17.5 Å². The van der Waals surface area contributed by atoms with Crippen LogP contribution in [0.1, 0.15) is 30.4 Å². The van der Waals surface area contributed by atoms with Gasteiger partial charge < -0.3 is 15.3 Å². The van der Waals surface area contributed by atoms with Crippen LogP contribution in [0.15, 0.2) is 30.3 Å². The van der Waals surface area contributed by atoms with Crippen molar-refractivity contribution in [3.63, 3.8) is 0 Å². The molecule has 4 rings (SSSR count). The fourth-order valence-electron chi connectivity index (χ4n) is 4.17. The third kappa shape index (κ3) is 4.38. The molecular formula is C22H19Cl3F4N2O2. The third-order valence-electron chi connectivity index (χ3n) is 6.26. The molecule has 0 spiro atoms. The molecular weight excluding hydrogens is 507 g/mol. The zero-order valence-electron chi connectivity index (χ0n) is 17.0. The first-order chi connectivity index (χ1) is 15.5. The Bertz CT molecular complexity index is 1070. The SMILES string of the molecule is O=C(NCc1ccc(N2CC[C@](c3cc(Cl)c(Cl)c(Cl)c3)(C(F)(F)F)[C@@H]2O)cc1F)C1CC1. The Labute approximate surface area is 202 Å². The number of alkyl halides is 3. The van der Waals surface area contributed by atoms with Crippen LogP contribution in [0.25, 0.3) is 0 Å². The van der Waals surface area contributed by atoms with Crippen molar-refractivity contribution in [3.05, 3.63) is 62.3 Å². The summed E-state index contributed by atoms with van der Waals surface area (Å²) in [5.41, 5.74) is -2.77. The Kier molecular flexibility index (Phi) is 6.50. The minimum atomic E-state index is -4.87. The number of carbonyl (C=O) groups excluding carboxylic acids is 1. The maximum absolute atomic E-state index is 14.7. The highest BCUT2D eigenvalue weighted by Gasteiger charge is 2.65. The minimum Gasteiger partial charge on any atom is -0.372 e. The zero-order valence-corrected chi connectivity index (χ0v) is 19.3. The van der Waals surface area contributed by atoms with Gasteiger partial charge in [0.25, 0.3) is 0 Å². The molecule has 1 aliphatic carbocycles. The van der Waals surface area contributed by atoms with E-state index in [9.17, 15) is 27.5 Å². The van der Waals surface area contributed by atoms with Gasteiger partial charge in [-0.1, -0.05) is 40.9 Å². The smallest absolute Gasteiger partial charge is 0.372 e. The molecule has 0 unspecified atom stereocenters. The zero-order chi connectivity index (χ0) is 24.1. The lowest BCUT2D eigenvalue weighted by Crippen LogP contribution is -2.52. The minimum absolute atomic E-state index is 0.0295. The second-order valence-corrected chi connectivity index (χ2v) is 9.50. The van der Waals surface area contributed by atoms with Crippen LogP contribution in [0, 0.1) is 11.7 Å². The van der Waals surface area contributed by atoms with Crippen LogP contribution in [0.5, 0.6) is 0 Å². The van der Waals surface area contributed by atoms with E-state index in [0.29, 0.717) is 0 Å². The number of nitrogens with one attached hydrogen (secondary N) is 1. The summed E-state index contributed by atoms with van der Waals surface area (Å²) in [7, 11) is 0. The molecule has 2 aliphatic rings. The van der Waals surface area contributed by atoms with Crippen molar-refractivity contribution in [3.8, 4) is 0 Å². The fraction of sp³-hybridized carbons (Fsp3) is 0.409. The fourth-order valence-corrected chi connectivity index (χ4v) is 4.77. The summed E-state index contributed by atoms with van der Waals surface area (Å²) >= 11 is 17.8. The normalized spacial score (nSPS) is 23.2. The maximum Gasteiger partial charge on any atom is 0.402 e. The second-order valence-electron chi connectivity index (χ2n) is 8.31. The lowest BCUT2D eigenvalue weighted by atomic mass is 9.77. The van der Waals surface area contributed by atoms with E-state index in [2.05, 4.69) is 5.32 Å². The monoisotopic (exact) mass is 524 g/mol. The molecule has 11 heteroatoms. The van der Waals surface area contributed by atoms with E-state index >= 15 is 0 Å². The van der Waals surface area contributed by atoms with Crippen molar-refractivity contribution in [2.45, 2.75) is 43.6 Å². The first-order valence-electron chi connectivity index (χ1n) is 10.2. The molecule has 0 aromatic heterocycles. The van der Waals surface area contributed by atoms with Gasteiger partial charge >= 0.3 is 6.18 Å². The number of aliphatic hydroxyl groups is 1. The average Bonchev–Trinajstić information content (AvgIpc) is 3.52. The lowest BCUT2D eigenvalue weighted by Gasteiger charge is -2.37. The van der Waals surface area contributed by atoms with E-state index in [0.717, 1.165) is 35.9 Å². The Morgan fingerprint density at radius 1 is 1.15 bits per heavy atom. The molecule has 2 fully saturated rings. The van der Waals surface area contributed by atoms with Crippen molar-refractivity contribution in [1.29, 1.82) is 0 Å². The van der Waals surface area contributed by atoms with Gasteiger partial charge in [-0.05, 0) is 49.1 Å². The van der Waals surface area contributed by atoms with Gasteiger partial charge in [-0.15, -0.1) is 0 Å². The van der Waals surface area contributed by atoms with Crippen molar-refractivity contribution in [2.24, 2.45) is 5.92 Å². The Morgan fingerprint density at radius 3 is 2.33 bits per heavy atom. The molecule has 1 saturated heterocycles. The number of aliphatic hydroxyl groups excluding tert-OH is 1. The Hall–Kier alpha value is -1.74. The Morgan fingerprint density at radius 2 is 1.79 bits per heavy atom. The molecule has 0 bridgehead atoms. The van der Waals surface area contributed by atoms with Crippen molar-refractivity contribution in [1.82, 2.24) is 5.32 Å². The van der Waals surface area contributed by atoms with Gasteiger partial charge in [0.15, 0.2) is 0 Å². The molecule has 2 aromatic rings. The second kappa shape index (κ2) is 8.80. The third-order valence-corrected chi connectivity index (χ3v) is 7.45. The summed E-state index contributed by atoms with van der Waals surface area (Å²) in [6.07, 6.45) is -5.82. The Balaban J connectivity index is 1.63. The molecule has 0 radical (unpaired) electrons. The number of hydrogen-bond donors (Lipinski definition) is 2. The molecule has 33 heavy (non-hydrogen) atoms. The van der Waals surface area contributed by atoms with Gasteiger partial charge in [-0.3, -0.25) is 4.79 Å². The molecule has 178 valence electrons. The van der Waals surface area contributed by atoms with E-state index in [4.69, 9.17) is 34.8 Å². The van der Waals surface area contributed by atoms with Gasteiger partial charge in [-0.25, -0.2) is 4.39 Å². The summed E-state index contributed by atoms with van der Waals surface area (Å²) in [6, 6.07) is 5.94. The average molecular weight is 526 g/mol. The highest BCUT2D eigenvalue weighted by atomic mass is 35.5. The number of rotatable bonds is 5. The molecule has 2 atom stereocenters. The van der Waals surface area contributed by atoms with Crippen LogP contribution in [-0.4, -0.2) is 30.0 Å². The molecule has 1 saturated carbocycles. The molecule has 2 N–H and O–H groups in total. The van der Waals surface area contributed by atoms with Gasteiger partial charge in [0, 0.05) is 30.3 Å². The first-order valence-corrected chi connectivity index (χ1v) is 11.3. The van der Waals surface area contributed by atoms with Gasteiger partial charge in [-0.2, -0.15) is 13.2 Å². The van der Waals surface area contributed by atoms with Crippen LogP contribution < -0.4 is 10.2 Å². The topological polar surface area (TPSA) is 52.6 Å². The highest BCUT2D eigenvalue weighted by molar-refractivity contribution is 6.48. The predicted molar refractivity (Wildman–Crippen MR) is 118 cm³/mol. The summed E-state index contributed by atoms with van der Waals surface area (Å²) in [4.78, 5) is 12.9. The number of anilines is 1. The number of hydrogen-bond acceptors (Lipinski definition) is 3. The van der Waals surface area contributed by atoms with Crippen molar-refractivity contribution < 1.29 is 27.5 Å². The summed E-state index contributed by atoms with van der Waals surface area (Å²) in [5.74, 6) is -0.876. The molecule has 1 amide bonds. The first kappa shape index (κ1) is 24.4. The highest BCUT2D eigenvalue weighted by Crippen LogP contribution is 2.53. The number of carbonyl (C=O) groups is 1. The van der Waals surface area contributed by atoms with Crippen molar-refractivity contribution >= 4 is 46.4 Å². The molecule has 4 nitrogen and oxygen atoms in total. The largest absolute Gasteiger partial charge is 0.402 e. The van der Waals surface area contributed by atoms with E-state index < -0.39 is 30.1 Å². The van der Waals surface area contributed by atoms with Crippen LogP contribution >= 0.6 is 34.8 Å². The van der Waals surface area contributed by atoms with Crippen LogP contribution in [0.2, 0.25) is 15.1 Å². The number of amides is 1. The predicted octanol–water partition coefficient (Wildman–Crippen LogP) is 5.84. The van der Waals surface area contributed by atoms with E-state index in [1.807, 2.05) is 0 Å². The van der Waals surface area contributed by atoms with Crippen LogP contribution in [0.3, 0.4) is 0 Å². The van der Waals surface area contributed by atoms with Gasteiger partial charge in [0.05, 0.1) is 15.1 Å². The summed E-state index contributed by atoms with van der Waals surface area (Å²) in [6.45, 7) is -0.228. The summed E-state index contributed by atoms with van der Waals surface area (Å²) in [5, 5.41) is 13.1. The molecule has 1 aliphatic heterocycles. The van der Waals surface area contributed by atoms with Crippen LogP contribution in [0.4, 0.5) is 23.2 Å². The number of halogens is 7.